The number of nitriles is 1. The number of aliphatic hydroxyl groups excluding tert-OH is 1. The van der Waals surface area contributed by atoms with Crippen molar-refractivity contribution >= 4 is 11.8 Å². The van der Waals surface area contributed by atoms with Gasteiger partial charge in [-0.05, 0) is 17.9 Å². The average molecular weight is 179 g/mol. The second-order valence-corrected chi connectivity index (χ2v) is 3.11. The Kier molecular flexibility index (Phi) is 3.15. The summed E-state index contributed by atoms with van der Waals surface area (Å²) in [7, 11) is 0. The molecular formula is C9H9NOS. The maximum absolute atomic E-state index is 8.91. The highest BCUT2D eigenvalue weighted by molar-refractivity contribution is 7.98. The molecule has 0 aliphatic rings. The Morgan fingerprint density at radius 1 is 1.58 bits per heavy atom. The molecule has 0 amide bonds. The molecular weight excluding hydrogens is 170 g/mol. The minimum atomic E-state index is -0.0721. The Morgan fingerprint density at radius 2 is 2.33 bits per heavy atom. The molecule has 0 bridgehead atoms. The summed E-state index contributed by atoms with van der Waals surface area (Å²) in [4.78, 5) is 0.920. The van der Waals surface area contributed by atoms with Crippen LogP contribution in [0.1, 0.15) is 11.1 Å². The van der Waals surface area contributed by atoms with Crippen LogP contribution in [0.15, 0.2) is 23.1 Å². The third-order valence-electron chi connectivity index (χ3n) is 1.61. The first-order chi connectivity index (χ1) is 5.83. The largest absolute Gasteiger partial charge is 0.392 e. The molecule has 0 spiro atoms. The minimum Gasteiger partial charge on any atom is -0.392 e. The lowest BCUT2D eigenvalue weighted by Gasteiger charge is -2.03. The number of aliphatic hydroxyl groups is 1. The Balaban J connectivity index is 3.25. The highest BCUT2D eigenvalue weighted by Crippen LogP contribution is 2.22. The van der Waals surface area contributed by atoms with Crippen molar-refractivity contribution in [2.45, 2.75) is 11.5 Å². The number of nitrogens with zero attached hydrogens (tertiary/aromatic N) is 1. The highest BCUT2D eigenvalue weighted by Gasteiger charge is 2.04. The lowest BCUT2D eigenvalue weighted by molar-refractivity contribution is 0.281. The SMILES string of the molecule is CSc1cccc(CO)c1C#N. The van der Waals surface area contributed by atoms with E-state index in [0.717, 1.165) is 4.90 Å². The molecule has 0 fully saturated rings. The standard InChI is InChI=1S/C9H9NOS/c1-12-9-4-2-3-7(6-11)8(9)5-10/h2-4,11H,6H2,1H3. The fourth-order valence-electron chi connectivity index (χ4n) is 1.01. The zero-order chi connectivity index (χ0) is 8.97. The molecule has 0 unspecified atom stereocenters. The quantitative estimate of drug-likeness (QED) is 0.704. The summed E-state index contributed by atoms with van der Waals surface area (Å²) in [6, 6.07) is 7.57. The van der Waals surface area contributed by atoms with E-state index >= 15 is 0 Å². The topological polar surface area (TPSA) is 44.0 Å². The van der Waals surface area contributed by atoms with Gasteiger partial charge in [-0.2, -0.15) is 5.26 Å². The van der Waals surface area contributed by atoms with Crippen LogP contribution in [0.4, 0.5) is 0 Å². The molecule has 0 atom stereocenters. The third kappa shape index (κ3) is 1.60. The van der Waals surface area contributed by atoms with Gasteiger partial charge < -0.3 is 5.11 Å². The second kappa shape index (κ2) is 4.15. The van der Waals surface area contributed by atoms with E-state index in [1.165, 1.54) is 11.8 Å². The van der Waals surface area contributed by atoms with Gasteiger partial charge in [0.1, 0.15) is 6.07 Å². The summed E-state index contributed by atoms with van der Waals surface area (Å²) in [5, 5.41) is 17.7. The van der Waals surface area contributed by atoms with Gasteiger partial charge in [0.15, 0.2) is 0 Å². The monoisotopic (exact) mass is 179 g/mol. The van der Waals surface area contributed by atoms with Crippen molar-refractivity contribution in [3.05, 3.63) is 29.3 Å². The van der Waals surface area contributed by atoms with Crippen LogP contribution >= 0.6 is 11.8 Å². The van der Waals surface area contributed by atoms with E-state index in [2.05, 4.69) is 6.07 Å². The van der Waals surface area contributed by atoms with Crippen molar-refractivity contribution in [2.75, 3.05) is 6.26 Å². The molecule has 1 aromatic carbocycles. The smallest absolute Gasteiger partial charge is 0.101 e. The van der Waals surface area contributed by atoms with E-state index in [1.807, 2.05) is 18.4 Å². The summed E-state index contributed by atoms with van der Waals surface area (Å²) in [5.74, 6) is 0. The zero-order valence-electron chi connectivity index (χ0n) is 6.74. The average Bonchev–Trinajstić information content (AvgIpc) is 2.16. The summed E-state index contributed by atoms with van der Waals surface area (Å²) < 4.78 is 0. The van der Waals surface area contributed by atoms with Crippen molar-refractivity contribution < 1.29 is 5.11 Å². The van der Waals surface area contributed by atoms with Crippen LogP contribution in [0.3, 0.4) is 0 Å². The van der Waals surface area contributed by atoms with Crippen LogP contribution in [-0.4, -0.2) is 11.4 Å². The minimum absolute atomic E-state index is 0.0721. The molecule has 3 heteroatoms. The molecule has 0 saturated carbocycles. The first-order valence-electron chi connectivity index (χ1n) is 3.50. The van der Waals surface area contributed by atoms with Gasteiger partial charge >= 0.3 is 0 Å². The number of rotatable bonds is 2. The number of hydrogen-bond acceptors (Lipinski definition) is 3. The Morgan fingerprint density at radius 3 is 2.83 bits per heavy atom. The van der Waals surface area contributed by atoms with Crippen molar-refractivity contribution in [1.29, 1.82) is 5.26 Å². The predicted molar refractivity (Wildman–Crippen MR) is 48.9 cm³/mol. The van der Waals surface area contributed by atoms with Crippen molar-refractivity contribution in [2.24, 2.45) is 0 Å². The molecule has 0 aliphatic heterocycles. The van der Waals surface area contributed by atoms with Crippen LogP contribution in [-0.2, 0) is 6.61 Å². The molecule has 0 saturated heterocycles. The van der Waals surface area contributed by atoms with Gasteiger partial charge in [-0.25, -0.2) is 0 Å². The fourth-order valence-corrected chi connectivity index (χ4v) is 1.60. The van der Waals surface area contributed by atoms with Gasteiger partial charge in [0, 0.05) is 4.90 Å². The second-order valence-electron chi connectivity index (χ2n) is 2.26. The molecule has 0 aliphatic carbocycles. The molecule has 0 aromatic heterocycles. The molecule has 1 aromatic rings. The van der Waals surface area contributed by atoms with E-state index in [4.69, 9.17) is 10.4 Å². The van der Waals surface area contributed by atoms with E-state index in [9.17, 15) is 0 Å². The number of benzene rings is 1. The normalized spacial score (nSPS) is 9.42. The van der Waals surface area contributed by atoms with Crippen molar-refractivity contribution in [3.8, 4) is 6.07 Å². The molecule has 1 rings (SSSR count). The van der Waals surface area contributed by atoms with Crippen LogP contribution in [0.2, 0.25) is 0 Å². The lowest BCUT2D eigenvalue weighted by atomic mass is 10.1. The first kappa shape index (κ1) is 9.11. The number of hydrogen-bond donors (Lipinski definition) is 1. The van der Waals surface area contributed by atoms with Gasteiger partial charge in [0.25, 0.3) is 0 Å². The maximum atomic E-state index is 8.91. The summed E-state index contributed by atoms with van der Waals surface area (Å²) >= 11 is 1.52. The van der Waals surface area contributed by atoms with Gasteiger partial charge in [-0.15, -0.1) is 11.8 Å². The van der Waals surface area contributed by atoms with Gasteiger partial charge in [0.2, 0.25) is 0 Å². The lowest BCUT2D eigenvalue weighted by Crippen LogP contribution is -1.90. The van der Waals surface area contributed by atoms with E-state index in [0.29, 0.717) is 11.1 Å². The van der Waals surface area contributed by atoms with Gasteiger partial charge in [0.05, 0.1) is 12.2 Å². The van der Waals surface area contributed by atoms with Crippen molar-refractivity contribution in [1.82, 2.24) is 0 Å². The van der Waals surface area contributed by atoms with E-state index in [1.54, 1.807) is 6.07 Å². The Bertz CT molecular complexity index is 295. The number of thioether (sulfide) groups is 1. The summed E-state index contributed by atoms with van der Waals surface area (Å²) in [6.07, 6.45) is 1.91. The third-order valence-corrected chi connectivity index (χ3v) is 2.39. The summed E-state index contributed by atoms with van der Waals surface area (Å²) in [6.45, 7) is -0.0721. The predicted octanol–water partition coefficient (Wildman–Crippen LogP) is 1.77. The van der Waals surface area contributed by atoms with Crippen LogP contribution in [0.5, 0.6) is 0 Å². The Hall–Kier alpha value is -0.980. The molecule has 0 heterocycles. The van der Waals surface area contributed by atoms with E-state index in [-0.39, 0.29) is 6.61 Å². The molecule has 62 valence electrons. The summed E-state index contributed by atoms with van der Waals surface area (Å²) in [5.41, 5.74) is 1.29. The molecule has 1 N–H and O–H groups in total. The fraction of sp³-hybridized carbons (Fsp3) is 0.222. The first-order valence-corrected chi connectivity index (χ1v) is 4.72. The van der Waals surface area contributed by atoms with Crippen LogP contribution in [0.25, 0.3) is 0 Å². The van der Waals surface area contributed by atoms with Crippen LogP contribution in [0, 0.1) is 11.3 Å². The molecule has 2 nitrogen and oxygen atoms in total. The Labute approximate surface area is 75.8 Å². The van der Waals surface area contributed by atoms with Crippen molar-refractivity contribution in [3.63, 3.8) is 0 Å². The highest BCUT2D eigenvalue weighted by atomic mass is 32.2. The maximum Gasteiger partial charge on any atom is 0.101 e. The van der Waals surface area contributed by atoms with E-state index < -0.39 is 0 Å². The molecule has 12 heavy (non-hydrogen) atoms. The molecule has 0 radical (unpaired) electrons. The zero-order valence-corrected chi connectivity index (χ0v) is 7.56. The van der Waals surface area contributed by atoms with Gasteiger partial charge in [-0.1, -0.05) is 12.1 Å². The van der Waals surface area contributed by atoms with Crippen LogP contribution < -0.4 is 0 Å². The van der Waals surface area contributed by atoms with Gasteiger partial charge in [-0.3, -0.25) is 0 Å².